The van der Waals surface area contributed by atoms with Gasteiger partial charge in [0.15, 0.2) is 0 Å². The van der Waals surface area contributed by atoms with Crippen LogP contribution in [0, 0.1) is 5.92 Å². The molecule has 0 heterocycles. The highest BCUT2D eigenvalue weighted by Crippen LogP contribution is 2.10. The van der Waals surface area contributed by atoms with Gasteiger partial charge in [-0.1, -0.05) is 13.0 Å². The zero-order chi connectivity index (χ0) is 13.1. The molecular weight excluding hydrogens is 216 g/mol. The molecule has 0 aliphatic rings. The highest BCUT2D eigenvalue weighted by Gasteiger charge is 2.13. The predicted octanol–water partition coefficient (Wildman–Crippen LogP) is 1.41. The standard InChI is InChI=1S/C13H26N2O2/c1-4-9-15(10-11-17-3)13(16)6-5-12(2)7-8-14/h4,12H,1,5-11,14H2,2-3H3. The van der Waals surface area contributed by atoms with Crippen molar-refractivity contribution in [3.05, 3.63) is 12.7 Å². The van der Waals surface area contributed by atoms with Crippen molar-refractivity contribution < 1.29 is 9.53 Å². The molecule has 0 spiro atoms. The summed E-state index contributed by atoms with van der Waals surface area (Å²) in [6.07, 6.45) is 4.21. The van der Waals surface area contributed by atoms with Gasteiger partial charge in [0.05, 0.1) is 6.61 Å². The maximum Gasteiger partial charge on any atom is 0.222 e. The second kappa shape index (κ2) is 10.3. The number of hydrogen-bond acceptors (Lipinski definition) is 3. The first-order valence-corrected chi connectivity index (χ1v) is 6.23. The molecule has 1 unspecified atom stereocenters. The minimum Gasteiger partial charge on any atom is -0.383 e. The Balaban J connectivity index is 3.99. The van der Waals surface area contributed by atoms with Crippen molar-refractivity contribution in [1.29, 1.82) is 0 Å². The first kappa shape index (κ1) is 16.1. The van der Waals surface area contributed by atoms with Crippen molar-refractivity contribution in [2.45, 2.75) is 26.2 Å². The van der Waals surface area contributed by atoms with Crippen LogP contribution < -0.4 is 5.73 Å². The molecule has 0 aromatic rings. The van der Waals surface area contributed by atoms with E-state index in [2.05, 4.69) is 13.5 Å². The Labute approximate surface area is 105 Å². The molecule has 4 heteroatoms. The maximum atomic E-state index is 11.9. The van der Waals surface area contributed by atoms with E-state index in [-0.39, 0.29) is 5.91 Å². The number of methoxy groups -OCH3 is 1. The summed E-state index contributed by atoms with van der Waals surface area (Å²) < 4.78 is 4.99. The number of nitrogens with two attached hydrogens (primary N) is 1. The summed E-state index contributed by atoms with van der Waals surface area (Å²) in [5, 5.41) is 0. The first-order valence-electron chi connectivity index (χ1n) is 6.23. The second-order valence-electron chi connectivity index (χ2n) is 4.34. The van der Waals surface area contributed by atoms with Crippen molar-refractivity contribution in [2.75, 3.05) is 33.4 Å². The van der Waals surface area contributed by atoms with Crippen LogP contribution in [0.2, 0.25) is 0 Å². The van der Waals surface area contributed by atoms with E-state index in [1.807, 2.05) is 0 Å². The third-order valence-corrected chi connectivity index (χ3v) is 2.78. The third kappa shape index (κ3) is 7.94. The van der Waals surface area contributed by atoms with Crippen LogP contribution in [-0.2, 0) is 9.53 Å². The molecular formula is C13H26N2O2. The van der Waals surface area contributed by atoms with Crippen molar-refractivity contribution in [3.8, 4) is 0 Å². The molecule has 100 valence electrons. The summed E-state index contributed by atoms with van der Waals surface area (Å²) in [6.45, 7) is 8.28. The molecule has 0 saturated heterocycles. The Morgan fingerprint density at radius 3 is 2.76 bits per heavy atom. The van der Waals surface area contributed by atoms with Gasteiger partial charge in [-0.3, -0.25) is 4.79 Å². The van der Waals surface area contributed by atoms with E-state index >= 15 is 0 Å². The van der Waals surface area contributed by atoms with Gasteiger partial charge in [-0.15, -0.1) is 6.58 Å². The summed E-state index contributed by atoms with van der Waals surface area (Å²) in [6, 6.07) is 0. The van der Waals surface area contributed by atoms with Crippen molar-refractivity contribution in [3.63, 3.8) is 0 Å². The lowest BCUT2D eigenvalue weighted by Crippen LogP contribution is -2.34. The molecule has 0 aromatic carbocycles. The van der Waals surface area contributed by atoms with Gasteiger partial charge >= 0.3 is 0 Å². The van der Waals surface area contributed by atoms with Crippen LogP contribution in [0.3, 0.4) is 0 Å². The summed E-state index contributed by atoms with van der Waals surface area (Å²) in [7, 11) is 1.64. The Bertz CT molecular complexity index is 219. The summed E-state index contributed by atoms with van der Waals surface area (Å²) in [5.41, 5.74) is 5.48. The molecule has 0 rings (SSSR count). The lowest BCUT2D eigenvalue weighted by atomic mass is 10.0. The van der Waals surface area contributed by atoms with E-state index in [4.69, 9.17) is 10.5 Å². The topological polar surface area (TPSA) is 55.6 Å². The van der Waals surface area contributed by atoms with Gasteiger partial charge < -0.3 is 15.4 Å². The lowest BCUT2D eigenvalue weighted by molar-refractivity contribution is -0.131. The number of carbonyl (C=O) groups is 1. The quantitative estimate of drug-likeness (QED) is 0.589. The van der Waals surface area contributed by atoms with Gasteiger partial charge in [0.2, 0.25) is 5.91 Å². The van der Waals surface area contributed by atoms with Crippen LogP contribution in [0.1, 0.15) is 26.2 Å². The van der Waals surface area contributed by atoms with Gasteiger partial charge in [0, 0.05) is 26.6 Å². The molecule has 0 bridgehead atoms. The van der Waals surface area contributed by atoms with E-state index in [1.165, 1.54) is 0 Å². The van der Waals surface area contributed by atoms with Crippen LogP contribution in [0.4, 0.5) is 0 Å². The molecule has 0 fully saturated rings. The van der Waals surface area contributed by atoms with Crippen LogP contribution in [0.15, 0.2) is 12.7 Å². The monoisotopic (exact) mass is 242 g/mol. The van der Waals surface area contributed by atoms with Gasteiger partial charge in [-0.25, -0.2) is 0 Å². The molecule has 1 atom stereocenters. The highest BCUT2D eigenvalue weighted by molar-refractivity contribution is 5.76. The normalized spacial score (nSPS) is 12.2. The van der Waals surface area contributed by atoms with Crippen LogP contribution in [0.5, 0.6) is 0 Å². The molecule has 17 heavy (non-hydrogen) atoms. The van der Waals surface area contributed by atoms with Crippen LogP contribution in [-0.4, -0.2) is 44.2 Å². The zero-order valence-electron chi connectivity index (χ0n) is 11.2. The smallest absolute Gasteiger partial charge is 0.222 e. The number of ether oxygens (including phenoxy) is 1. The van der Waals surface area contributed by atoms with Crippen molar-refractivity contribution >= 4 is 5.91 Å². The first-order chi connectivity index (χ1) is 8.15. The van der Waals surface area contributed by atoms with Gasteiger partial charge in [-0.05, 0) is 25.3 Å². The Morgan fingerprint density at radius 1 is 1.53 bits per heavy atom. The largest absolute Gasteiger partial charge is 0.383 e. The Kier molecular flexibility index (Phi) is 9.77. The SMILES string of the molecule is C=CCN(CCOC)C(=O)CCC(C)CCN. The van der Waals surface area contributed by atoms with E-state index in [0.29, 0.717) is 38.6 Å². The van der Waals surface area contributed by atoms with Gasteiger partial charge in [0.1, 0.15) is 0 Å². The Hall–Kier alpha value is -0.870. The van der Waals surface area contributed by atoms with Gasteiger partial charge in [0.25, 0.3) is 0 Å². The molecule has 0 saturated carbocycles. The number of amides is 1. The van der Waals surface area contributed by atoms with Crippen molar-refractivity contribution in [2.24, 2.45) is 11.7 Å². The van der Waals surface area contributed by atoms with E-state index in [0.717, 1.165) is 12.8 Å². The molecule has 0 aliphatic carbocycles. The highest BCUT2D eigenvalue weighted by atomic mass is 16.5. The predicted molar refractivity (Wildman–Crippen MR) is 70.7 cm³/mol. The molecule has 0 aromatic heterocycles. The maximum absolute atomic E-state index is 11.9. The van der Waals surface area contributed by atoms with E-state index in [1.54, 1.807) is 18.1 Å². The minimum absolute atomic E-state index is 0.172. The molecule has 2 N–H and O–H groups in total. The number of nitrogens with zero attached hydrogens (tertiary/aromatic N) is 1. The average molecular weight is 242 g/mol. The fraction of sp³-hybridized carbons (Fsp3) is 0.769. The molecule has 1 amide bonds. The molecule has 0 aliphatic heterocycles. The van der Waals surface area contributed by atoms with Crippen LogP contribution in [0.25, 0.3) is 0 Å². The number of hydrogen-bond donors (Lipinski definition) is 1. The second-order valence-corrected chi connectivity index (χ2v) is 4.34. The van der Waals surface area contributed by atoms with Gasteiger partial charge in [-0.2, -0.15) is 0 Å². The summed E-state index contributed by atoms with van der Waals surface area (Å²) >= 11 is 0. The van der Waals surface area contributed by atoms with E-state index < -0.39 is 0 Å². The number of carbonyl (C=O) groups excluding carboxylic acids is 1. The fourth-order valence-electron chi connectivity index (χ4n) is 1.63. The van der Waals surface area contributed by atoms with Crippen LogP contribution >= 0.6 is 0 Å². The fourth-order valence-corrected chi connectivity index (χ4v) is 1.63. The summed E-state index contributed by atoms with van der Waals surface area (Å²) in [4.78, 5) is 13.7. The Morgan fingerprint density at radius 2 is 2.24 bits per heavy atom. The zero-order valence-corrected chi connectivity index (χ0v) is 11.2. The minimum atomic E-state index is 0.172. The third-order valence-electron chi connectivity index (χ3n) is 2.78. The molecule has 4 nitrogen and oxygen atoms in total. The van der Waals surface area contributed by atoms with E-state index in [9.17, 15) is 4.79 Å². The molecule has 0 radical (unpaired) electrons. The summed E-state index contributed by atoms with van der Waals surface area (Å²) in [5.74, 6) is 0.683. The average Bonchev–Trinajstić information content (AvgIpc) is 2.32. The number of rotatable bonds is 10. The lowest BCUT2D eigenvalue weighted by Gasteiger charge is -2.21. The van der Waals surface area contributed by atoms with Crippen molar-refractivity contribution in [1.82, 2.24) is 4.90 Å².